The highest BCUT2D eigenvalue weighted by atomic mass is 35.5. The SMILES string of the molecule is Cl.Nc1ncc(-c2cnn(C3CCNCC3)c2)c2cc(-c3cccc4ccsc34)oc12. The van der Waals surface area contributed by atoms with E-state index in [0.717, 1.165) is 53.8 Å². The van der Waals surface area contributed by atoms with Crippen LogP contribution in [-0.2, 0) is 0 Å². The number of pyridine rings is 1. The van der Waals surface area contributed by atoms with Gasteiger partial charge >= 0.3 is 0 Å². The number of benzene rings is 1. The van der Waals surface area contributed by atoms with Crippen LogP contribution in [0.15, 0.2) is 58.7 Å². The van der Waals surface area contributed by atoms with Crippen LogP contribution in [0.4, 0.5) is 5.82 Å². The Morgan fingerprint density at radius 1 is 1.13 bits per heavy atom. The van der Waals surface area contributed by atoms with Crippen LogP contribution in [-0.4, -0.2) is 27.9 Å². The number of fused-ring (bicyclic) bond motifs is 2. The average molecular weight is 452 g/mol. The van der Waals surface area contributed by atoms with Crippen LogP contribution in [0.1, 0.15) is 18.9 Å². The molecule has 1 saturated heterocycles. The molecule has 8 heteroatoms. The summed E-state index contributed by atoms with van der Waals surface area (Å²) in [5.41, 5.74) is 9.92. The number of rotatable bonds is 3. The zero-order valence-corrected chi connectivity index (χ0v) is 18.4. The summed E-state index contributed by atoms with van der Waals surface area (Å²) in [5, 5.41) is 12.3. The highest BCUT2D eigenvalue weighted by molar-refractivity contribution is 7.17. The van der Waals surface area contributed by atoms with Crippen LogP contribution < -0.4 is 11.1 Å². The van der Waals surface area contributed by atoms with Crippen molar-refractivity contribution in [1.29, 1.82) is 0 Å². The molecule has 5 heterocycles. The number of nitrogens with one attached hydrogen (secondary N) is 1. The maximum absolute atomic E-state index is 6.23. The molecule has 0 atom stereocenters. The molecule has 1 fully saturated rings. The van der Waals surface area contributed by atoms with Crippen LogP contribution in [0.2, 0.25) is 0 Å². The van der Waals surface area contributed by atoms with Crippen molar-refractivity contribution in [3.63, 3.8) is 0 Å². The largest absolute Gasteiger partial charge is 0.452 e. The molecule has 1 aliphatic rings. The van der Waals surface area contributed by atoms with E-state index in [9.17, 15) is 0 Å². The topological polar surface area (TPSA) is 81.9 Å². The number of nitrogens with zero attached hydrogens (tertiary/aromatic N) is 3. The molecule has 1 aromatic carbocycles. The number of nitrogens with two attached hydrogens (primary N) is 1. The number of aromatic nitrogens is 3. The summed E-state index contributed by atoms with van der Waals surface area (Å²) < 4.78 is 9.53. The smallest absolute Gasteiger partial charge is 0.177 e. The minimum atomic E-state index is 0. The van der Waals surface area contributed by atoms with Crippen LogP contribution in [0.3, 0.4) is 0 Å². The lowest BCUT2D eigenvalue weighted by Crippen LogP contribution is -2.29. The normalized spacial score (nSPS) is 14.8. The molecule has 0 unspecified atom stereocenters. The van der Waals surface area contributed by atoms with Crippen molar-refractivity contribution in [2.24, 2.45) is 0 Å². The van der Waals surface area contributed by atoms with Crippen LogP contribution in [0.5, 0.6) is 0 Å². The van der Waals surface area contributed by atoms with Gasteiger partial charge in [-0.15, -0.1) is 23.7 Å². The van der Waals surface area contributed by atoms with Crippen molar-refractivity contribution in [2.75, 3.05) is 18.8 Å². The molecule has 4 aromatic heterocycles. The summed E-state index contributed by atoms with van der Waals surface area (Å²) in [4.78, 5) is 4.40. The van der Waals surface area contributed by atoms with Gasteiger partial charge in [-0.1, -0.05) is 12.1 Å². The molecule has 5 aromatic rings. The van der Waals surface area contributed by atoms with Crippen molar-refractivity contribution in [3.05, 3.63) is 54.3 Å². The van der Waals surface area contributed by atoms with E-state index in [1.165, 1.54) is 10.1 Å². The summed E-state index contributed by atoms with van der Waals surface area (Å²) >= 11 is 1.72. The monoisotopic (exact) mass is 451 g/mol. The van der Waals surface area contributed by atoms with Crippen molar-refractivity contribution in [1.82, 2.24) is 20.1 Å². The second kappa shape index (κ2) is 8.00. The van der Waals surface area contributed by atoms with Crippen LogP contribution in [0.25, 0.3) is 43.5 Å². The first-order valence-electron chi connectivity index (χ1n) is 10.2. The van der Waals surface area contributed by atoms with Gasteiger partial charge in [-0.25, -0.2) is 4.98 Å². The highest BCUT2D eigenvalue weighted by Gasteiger charge is 2.19. The average Bonchev–Trinajstić information content (AvgIpc) is 3.53. The number of anilines is 1. The maximum Gasteiger partial charge on any atom is 0.177 e. The predicted octanol–water partition coefficient (Wildman–Crippen LogP) is 5.50. The summed E-state index contributed by atoms with van der Waals surface area (Å²) in [7, 11) is 0. The molecule has 3 N–H and O–H groups in total. The lowest BCUT2D eigenvalue weighted by Gasteiger charge is -2.22. The fraction of sp³-hybridized carbons (Fsp3) is 0.217. The highest BCUT2D eigenvalue weighted by Crippen LogP contribution is 2.39. The Labute approximate surface area is 189 Å². The van der Waals surface area contributed by atoms with E-state index in [0.29, 0.717) is 17.4 Å². The van der Waals surface area contributed by atoms with Gasteiger partial charge in [0, 0.05) is 39.2 Å². The van der Waals surface area contributed by atoms with Gasteiger partial charge in [-0.2, -0.15) is 5.10 Å². The number of halogens is 1. The van der Waals surface area contributed by atoms with Crippen molar-refractivity contribution >= 4 is 50.6 Å². The first kappa shape index (κ1) is 20.1. The van der Waals surface area contributed by atoms with E-state index in [-0.39, 0.29) is 12.4 Å². The minimum Gasteiger partial charge on any atom is -0.452 e. The minimum absolute atomic E-state index is 0. The molecule has 0 radical (unpaired) electrons. The van der Waals surface area contributed by atoms with Gasteiger partial charge < -0.3 is 15.5 Å². The predicted molar refractivity (Wildman–Crippen MR) is 129 cm³/mol. The lowest BCUT2D eigenvalue weighted by atomic mass is 10.1. The molecule has 1 aliphatic heterocycles. The van der Waals surface area contributed by atoms with Crippen LogP contribution in [0, 0.1) is 0 Å². The molecule has 31 heavy (non-hydrogen) atoms. The fourth-order valence-corrected chi connectivity index (χ4v) is 5.26. The summed E-state index contributed by atoms with van der Waals surface area (Å²) in [6.45, 7) is 2.07. The Morgan fingerprint density at radius 3 is 2.87 bits per heavy atom. The summed E-state index contributed by atoms with van der Waals surface area (Å²) in [6, 6.07) is 10.9. The van der Waals surface area contributed by atoms with E-state index in [1.54, 1.807) is 11.3 Å². The van der Waals surface area contributed by atoms with Crippen LogP contribution >= 0.6 is 23.7 Å². The molecule has 158 valence electrons. The van der Waals surface area contributed by atoms with Gasteiger partial charge in [-0.3, -0.25) is 4.68 Å². The van der Waals surface area contributed by atoms with E-state index < -0.39 is 0 Å². The third-order valence-corrected chi connectivity index (χ3v) is 6.89. The van der Waals surface area contributed by atoms with E-state index in [1.807, 2.05) is 12.4 Å². The van der Waals surface area contributed by atoms with E-state index in [4.69, 9.17) is 10.2 Å². The Morgan fingerprint density at radius 2 is 2.00 bits per heavy atom. The van der Waals surface area contributed by atoms with Gasteiger partial charge in [-0.05, 0) is 54.9 Å². The molecular formula is C23H22ClN5OS. The van der Waals surface area contributed by atoms with Crippen molar-refractivity contribution < 1.29 is 4.42 Å². The molecule has 0 bridgehead atoms. The molecule has 0 spiro atoms. The molecule has 6 rings (SSSR count). The number of hydrogen-bond acceptors (Lipinski definition) is 6. The zero-order chi connectivity index (χ0) is 20.1. The van der Waals surface area contributed by atoms with Gasteiger partial charge in [0.2, 0.25) is 0 Å². The first-order valence-corrected chi connectivity index (χ1v) is 11.1. The van der Waals surface area contributed by atoms with Gasteiger partial charge in [0.15, 0.2) is 11.4 Å². The second-order valence-corrected chi connectivity index (χ2v) is 8.66. The Kier molecular flexibility index (Phi) is 5.17. The number of furan rings is 1. The van der Waals surface area contributed by atoms with Crippen molar-refractivity contribution in [2.45, 2.75) is 18.9 Å². The number of hydrogen-bond donors (Lipinski definition) is 2. The Balaban J connectivity index is 0.00000204. The fourth-order valence-electron chi connectivity index (χ4n) is 4.34. The van der Waals surface area contributed by atoms with Gasteiger partial charge in [0.1, 0.15) is 5.76 Å². The number of nitrogen functional groups attached to an aromatic ring is 1. The lowest BCUT2D eigenvalue weighted by molar-refractivity contribution is 0.343. The third kappa shape index (κ3) is 3.39. The quantitative estimate of drug-likeness (QED) is 0.378. The molecule has 0 amide bonds. The van der Waals surface area contributed by atoms with Crippen molar-refractivity contribution in [3.8, 4) is 22.5 Å². The second-order valence-electron chi connectivity index (χ2n) is 7.75. The third-order valence-electron chi connectivity index (χ3n) is 5.93. The number of piperidine rings is 1. The zero-order valence-electron chi connectivity index (χ0n) is 16.7. The van der Waals surface area contributed by atoms with E-state index in [2.05, 4.69) is 62.0 Å². The van der Waals surface area contributed by atoms with Gasteiger partial charge in [0.25, 0.3) is 0 Å². The molecule has 0 aliphatic carbocycles. The Bertz CT molecular complexity index is 1370. The molecular weight excluding hydrogens is 430 g/mol. The van der Waals surface area contributed by atoms with Gasteiger partial charge in [0.05, 0.1) is 12.2 Å². The first-order chi connectivity index (χ1) is 14.8. The van der Waals surface area contributed by atoms with E-state index >= 15 is 0 Å². The maximum atomic E-state index is 6.23. The summed E-state index contributed by atoms with van der Waals surface area (Å²) in [5.74, 6) is 1.22. The Hall–Kier alpha value is -2.87. The summed E-state index contributed by atoms with van der Waals surface area (Å²) in [6.07, 6.45) is 8.05. The molecule has 6 nitrogen and oxygen atoms in total. The standard InChI is InChI=1S/C23H21N5OS.ClH/c24-23-21-18(10-20(29-21)17-3-1-2-14-6-9-30-22(14)17)19(12-26-23)15-11-27-28(13-15)16-4-7-25-8-5-16;/h1-3,6,9-13,16,25H,4-5,7-8H2,(H2,24,26);1H. The number of thiophene rings is 1. The molecule has 0 saturated carbocycles.